The Balaban J connectivity index is 2.04. The molecule has 0 aromatic carbocycles. The number of hydrogen-bond acceptors (Lipinski definition) is 6. The Morgan fingerprint density at radius 3 is 2.78 bits per heavy atom. The van der Waals surface area contributed by atoms with Gasteiger partial charge in [-0.05, 0) is 35.3 Å². The van der Waals surface area contributed by atoms with Gasteiger partial charge in [-0.25, -0.2) is 23.4 Å². The number of aryl methyl sites for hydroxylation is 1. The first-order chi connectivity index (χ1) is 11.0. The first-order valence-corrected chi connectivity index (χ1v) is 6.63. The summed E-state index contributed by atoms with van der Waals surface area (Å²) in [5.41, 5.74) is 8.58. The number of nitrogens with two attached hydrogens (primary N) is 1. The van der Waals surface area contributed by atoms with Crippen LogP contribution in [0.25, 0.3) is 11.2 Å². The number of halogens is 2. The second kappa shape index (κ2) is 5.61. The van der Waals surface area contributed by atoms with E-state index < -0.39 is 6.43 Å². The van der Waals surface area contributed by atoms with Crippen LogP contribution in [0, 0.1) is 19.3 Å². The van der Waals surface area contributed by atoms with Gasteiger partial charge in [-0.1, -0.05) is 0 Å². The molecular weight excluding hydrogens is 304 g/mol. The van der Waals surface area contributed by atoms with Crippen molar-refractivity contribution in [2.45, 2.75) is 19.8 Å². The Labute approximate surface area is 129 Å². The van der Waals surface area contributed by atoms with Gasteiger partial charge in [0.05, 0.1) is 11.3 Å². The lowest BCUT2D eigenvalue weighted by Gasteiger charge is -2.10. The molecule has 3 rings (SSSR count). The molecule has 0 amide bonds. The second-order valence-electron chi connectivity index (χ2n) is 4.89. The van der Waals surface area contributed by atoms with Crippen molar-refractivity contribution in [3.63, 3.8) is 0 Å². The molecule has 0 atom stereocenters. The minimum atomic E-state index is -2.67. The van der Waals surface area contributed by atoms with Gasteiger partial charge < -0.3 is 5.73 Å². The first kappa shape index (κ1) is 14.8. The summed E-state index contributed by atoms with van der Waals surface area (Å²) >= 11 is 0. The van der Waals surface area contributed by atoms with Crippen LogP contribution in [0.3, 0.4) is 0 Å². The van der Waals surface area contributed by atoms with Crippen molar-refractivity contribution >= 4 is 16.9 Å². The van der Waals surface area contributed by atoms with Crippen molar-refractivity contribution in [1.29, 1.82) is 0 Å². The molecule has 6 nitrogen and oxygen atoms in total. The Kier molecular flexibility index (Phi) is 3.62. The van der Waals surface area contributed by atoms with Crippen LogP contribution in [0.5, 0.6) is 0 Å². The monoisotopic (exact) mass is 315 g/mol. The Bertz CT molecular complexity index is 929. The summed E-state index contributed by atoms with van der Waals surface area (Å²) < 4.78 is 30.3. The summed E-state index contributed by atoms with van der Waals surface area (Å²) in [6.45, 7) is 1.76. The van der Waals surface area contributed by atoms with E-state index in [2.05, 4.69) is 30.8 Å². The van der Waals surface area contributed by atoms with E-state index in [9.17, 15) is 8.78 Å². The Morgan fingerprint density at radius 1 is 1.30 bits per heavy atom. The van der Waals surface area contributed by atoms with Gasteiger partial charge in [0.15, 0.2) is 5.52 Å². The fourth-order valence-corrected chi connectivity index (χ4v) is 2.30. The molecule has 0 radical (unpaired) electrons. The third kappa shape index (κ3) is 2.57. The fourth-order valence-electron chi connectivity index (χ4n) is 2.30. The number of alkyl halides is 2. The van der Waals surface area contributed by atoms with Crippen LogP contribution in [0.1, 0.15) is 34.6 Å². The average molecular weight is 315 g/mol. The molecule has 0 aliphatic heterocycles. The normalized spacial score (nSPS) is 11.1. The number of aromatic nitrogens is 4. The predicted molar refractivity (Wildman–Crippen MR) is 78.7 cm³/mol. The van der Waals surface area contributed by atoms with Crippen LogP contribution in [0.2, 0.25) is 0 Å². The van der Waals surface area contributed by atoms with Crippen LogP contribution in [-0.4, -0.2) is 20.3 Å². The SMILES string of the molecule is C#Cc1nc(Cc2c(C)nc3nonc3c2N)ccc1C(F)F. The quantitative estimate of drug-likeness (QED) is 0.746. The Hall–Kier alpha value is -3.08. The molecule has 23 heavy (non-hydrogen) atoms. The standard InChI is InChI=1S/C15H11F2N5O/c1-3-11-9(14(16)17)5-4-8(20-11)6-10-7(2)19-15-13(12(10)18)21-23-22-15/h1,4-5,14H,6,18H2,2H3. The summed E-state index contributed by atoms with van der Waals surface area (Å²) in [6.07, 6.45) is 2.87. The average Bonchev–Trinajstić information content (AvgIpc) is 2.99. The number of nitrogens with zero attached hydrogens (tertiary/aromatic N) is 4. The molecule has 2 N–H and O–H groups in total. The van der Waals surface area contributed by atoms with Gasteiger partial charge in [-0.15, -0.1) is 6.42 Å². The van der Waals surface area contributed by atoms with Crippen molar-refractivity contribution in [3.8, 4) is 12.3 Å². The van der Waals surface area contributed by atoms with Gasteiger partial charge in [0, 0.05) is 23.4 Å². The molecule has 0 aliphatic carbocycles. The van der Waals surface area contributed by atoms with Crippen molar-refractivity contribution in [2.75, 3.05) is 5.73 Å². The molecule has 8 heteroatoms. The number of nitrogen functional groups attached to an aromatic ring is 1. The van der Waals surface area contributed by atoms with Crippen LogP contribution >= 0.6 is 0 Å². The lowest BCUT2D eigenvalue weighted by molar-refractivity contribution is 0.150. The molecule has 116 valence electrons. The summed E-state index contributed by atoms with van der Waals surface area (Å²) in [7, 11) is 0. The zero-order chi connectivity index (χ0) is 16.6. The Morgan fingerprint density at radius 2 is 2.09 bits per heavy atom. The number of hydrogen-bond donors (Lipinski definition) is 1. The molecule has 0 aliphatic rings. The lowest BCUT2D eigenvalue weighted by Crippen LogP contribution is -2.05. The van der Waals surface area contributed by atoms with Gasteiger partial charge in [0.1, 0.15) is 5.69 Å². The topological polar surface area (TPSA) is 90.7 Å². The molecule has 3 aromatic heterocycles. The van der Waals surface area contributed by atoms with Gasteiger partial charge in [-0.2, -0.15) is 0 Å². The first-order valence-electron chi connectivity index (χ1n) is 6.63. The summed E-state index contributed by atoms with van der Waals surface area (Å²) in [6, 6.07) is 2.77. The van der Waals surface area contributed by atoms with E-state index >= 15 is 0 Å². The largest absolute Gasteiger partial charge is 0.396 e. The van der Waals surface area contributed by atoms with E-state index in [-0.39, 0.29) is 17.7 Å². The van der Waals surface area contributed by atoms with Crippen LogP contribution in [-0.2, 0) is 6.42 Å². The zero-order valence-electron chi connectivity index (χ0n) is 12.0. The maximum absolute atomic E-state index is 12.8. The van der Waals surface area contributed by atoms with Crippen LogP contribution in [0.4, 0.5) is 14.5 Å². The van der Waals surface area contributed by atoms with E-state index in [0.717, 1.165) is 0 Å². The molecule has 3 heterocycles. The molecule has 0 unspecified atom stereocenters. The fraction of sp³-hybridized carbons (Fsp3) is 0.200. The third-order valence-corrected chi connectivity index (χ3v) is 3.48. The molecule has 0 saturated carbocycles. The zero-order valence-corrected chi connectivity index (χ0v) is 12.0. The van der Waals surface area contributed by atoms with Crippen molar-refractivity contribution in [2.24, 2.45) is 0 Å². The van der Waals surface area contributed by atoms with Crippen LogP contribution in [0.15, 0.2) is 16.8 Å². The molecule has 3 aromatic rings. The number of rotatable bonds is 3. The summed E-state index contributed by atoms with van der Waals surface area (Å²) in [5, 5.41) is 7.35. The van der Waals surface area contributed by atoms with E-state index in [0.29, 0.717) is 33.8 Å². The van der Waals surface area contributed by atoms with Gasteiger partial charge >= 0.3 is 0 Å². The highest BCUT2D eigenvalue weighted by molar-refractivity contribution is 5.85. The summed E-state index contributed by atoms with van der Waals surface area (Å²) in [5.74, 6) is 2.18. The number of terminal acetylenes is 1. The molecule has 0 spiro atoms. The van der Waals surface area contributed by atoms with E-state index in [1.807, 2.05) is 0 Å². The predicted octanol–water partition coefficient (Wildman–Crippen LogP) is 2.41. The maximum Gasteiger partial charge on any atom is 0.266 e. The number of anilines is 1. The van der Waals surface area contributed by atoms with Gasteiger partial charge in [-0.3, -0.25) is 0 Å². The van der Waals surface area contributed by atoms with Gasteiger partial charge in [0.2, 0.25) is 5.65 Å². The summed E-state index contributed by atoms with van der Waals surface area (Å²) in [4.78, 5) is 8.34. The second-order valence-corrected chi connectivity index (χ2v) is 4.89. The molecular formula is C15H11F2N5O. The molecule has 0 saturated heterocycles. The minimum absolute atomic E-state index is 0.0779. The highest BCUT2D eigenvalue weighted by atomic mass is 19.3. The van der Waals surface area contributed by atoms with Crippen molar-refractivity contribution < 1.29 is 13.4 Å². The maximum atomic E-state index is 12.8. The van der Waals surface area contributed by atoms with E-state index in [1.165, 1.54) is 12.1 Å². The van der Waals surface area contributed by atoms with Crippen molar-refractivity contribution in [3.05, 3.63) is 40.3 Å². The number of fused-ring (bicyclic) bond motifs is 1. The smallest absolute Gasteiger partial charge is 0.266 e. The lowest BCUT2D eigenvalue weighted by atomic mass is 10.0. The van der Waals surface area contributed by atoms with E-state index in [4.69, 9.17) is 12.2 Å². The van der Waals surface area contributed by atoms with Crippen molar-refractivity contribution in [1.82, 2.24) is 20.3 Å². The highest BCUT2D eigenvalue weighted by Gasteiger charge is 2.17. The third-order valence-electron chi connectivity index (χ3n) is 3.48. The highest BCUT2D eigenvalue weighted by Crippen LogP contribution is 2.26. The van der Waals surface area contributed by atoms with E-state index in [1.54, 1.807) is 6.92 Å². The molecule has 0 bridgehead atoms. The minimum Gasteiger partial charge on any atom is -0.396 e. The van der Waals surface area contributed by atoms with Gasteiger partial charge in [0.25, 0.3) is 6.43 Å². The molecule has 0 fully saturated rings. The number of pyridine rings is 2. The van der Waals surface area contributed by atoms with Crippen LogP contribution < -0.4 is 5.73 Å².